The van der Waals surface area contributed by atoms with Gasteiger partial charge >= 0.3 is 5.97 Å². The van der Waals surface area contributed by atoms with Crippen LogP contribution in [0.1, 0.15) is 24.8 Å². The molecule has 5 nitrogen and oxygen atoms in total. The number of piperidine rings is 1. The van der Waals surface area contributed by atoms with Crippen LogP contribution in [0.4, 0.5) is 11.5 Å². The Bertz CT molecular complexity index is 448. The fraction of sp³-hybridized carbons (Fsp3) is 0.538. The van der Waals surface area contributed by atoms with Crippen LogP contribution in [-0.4, -0.2) is 30.6 Å². The van der Waals surface area contributed by atoms with Crippen molar-refractivity contribution in [3.8, 4) is 0 Å². The minimum Gasteiger partial charge on any atom is -0.467 e. The Labute approximate surface area is 107 Å². The number of nitrogens with two attached hydrogens (primary N) is 1. The lowest BCUT2D eigenvalue weighted by atomic mass is 10.0. The van der Waals surface area contributed by atoms with Crippen LogP contribution in [0, 0.1) is 6.92 Å². The van der Waals surface area contributed by atoms with Crippen LogP contribution >= 0.6 is 0 Å². The first-order valence-electron chi connectivity index (χ1n) is 6.20. The molecule has 1 aromatic heterocycles. The van der Waals surface area contributed by atoms with Crippen molar-refractivity contribution in [2.75, 3.05) is 24.3 Å². The lowest BCUT2D eigenvalue weighted by Gasteiger charge is -2.35. The van der Waals surface area contributed by atoms with Gasteiger partial charge in [0.2, 0.25) is 0 Å². The molecule has 0 radical (unpaired) electrons. The van der Waals surface area contributed by atoms with Gasteiger partial charge in [0.05, 0.1) is 12.8 Å². The summed E-state index contributed by atoms with van der Waals surface area (Å²) in [5.41, 5.74) is 7.69. The van der Waals surface area contributed by atoms with Gasteiger partial charge in [-0.25, -0.2) is 9.78 Å². The maximum absolute atomic E-state index is 11.8. The maximum Gasteiger partial charge on any atom is 0.328 e. The number of hydrogen-bond acceptors (Lipinski definition) is 5. The predicted molar refractivity (Wildman–Crippen MR) is 70.4 cm³/mol. The Hall–Kier alpha value is -1.78. The molecular weight excluding hydrogens is 230 g/mol. The van der Waals surface area contributed by atoms with E-state index in [0.29, 0.717) is 11.5 Å². The number of aryl methyl sites for hydroxylation is 1. The summed E-state index contributed by atoms with van der Waals surface area (Å²) in [5, 5.41) is 0. The minimum atomic E-state index is -0.264. The Morgan fingerprint density at radius 2 is 2.33 bits per heavy atom. The Kier molecular flexibility index (Phi) is 3.69. The number of pyridine rings is 1. The average molecular weight is 249 g/mol. The number of esters is 1. The van der Waals surface area contributed by atoms with Gasteiger partial charge in [-0.3, -0.25) is 0 Å². The smallest absolute Gasteiger partial charge is 0.328 e. The number of aromatic nitrogens is 1. The number of nitrogens with zero attached hydrogens (tertiary/aromatic N) is 2. The van der Waals surface area contributed by atoms with Crippen molar-refractivity contribution in [2.45, 2.75) is 32.2 Å². The van der Waals surface area contributed by atoms with Crippen molar-refractivity contribution in [1.82, 2.24) is 4.98 Å². The van der Waals surface area contributed by atoms with E-state index in [4.69, 9.17) is 10.5 Å². The van der Waals surface area contributed by atoms with Crippen molar-refractivity contribution >= 4 is 17.5 Å². The van der Waals surface area contributed by atoms with Crippen LogP contribution in [0.3, 0.4) is 0 Å². The van der Waals surface area contributed by atoms with E-state index < -0.39 is 0 Å². The van der Waals surface area contributed by atoms with Gasteiger partial charge in [0, 0.05) is 12.7 Å². The van der Waals surface area contributed by atoms with E-state index in [0.717, 1.165) is 31.4 Å². The zero-order valence-corrected chi connectivity index (χ0v) is 10.8. The van der Waals surface area contributed by atoms with Crippen LogP contribution < -0.4 is 10.6 Å². The second-order valence-electron chi connectivity index (χ2n) is 4.59. The van der Waals surface area contributed by atoms with Crippen LogP contribution in [-0.2, 0) is 9.53 Å². The molecule has 1 fully saturated rings. The molecule has 1 atom stereocenters. The molecule has 1 aliphatic rings. The monoisotopic (exact) mass is 249 g/mol. The number of carbonyl (C=O) groups excluding carboxylic acids is 1. The number of anilines is 2. The highest BCUT2D eigenvalue weighted by Gasteiger charge is 2.31. The van der Waals surface area contributed by atoms with E-state index in [2.05, 4.69) is 4.98 Å². The first-order chi connectivity index (χ1) is 8.65. The van der Waals surface area contributed by atoms with Crippen molar-refractivity contribution in [1.29, 1.82) is 0 Å². The van der Waals surface area contributed by atoms with E-state index >= 15 is 0 Å². The number of rotatable bonds is 2. The van der Waals surface area contributed by atoms with Gasteiger partial charge in [-0.15, -0.1) is 0 Å². The Balaban J connectivity index is 2.34. The third-order valence-corrected chi connectivity index (χ3v) is 3.44. The SMILES string of the molecule is COC(=O)C1CCCCN1c1nccc(C)c1N. The van der Waals surface area contributed by atoms with Gasteiger partial charge in [-0.1, -0.05) is 0 Å². The van der Waals surface area contributed by atoms with Crippen molar-refractivity contribution in [2.24, 2.45) is 0 Å². The molecular formula is C13H19N3O2. The van der Waals surface area contributed by atoms with Crippen LogP contribution in [0.5, 0.6) is 0 Å². The van der Waals surface area contributed by atoms with Gasteiger partial charge in [-0.2, -0.15) is 0 Å². The van der Waals surface area contributed by atoms with Crippen molar-refractivity contribution < 1.29 is 9.53 Å². The normalized spacial score (nSPS) is 19.7. The summed E-state index contributed by atoms with van der Waals surface area (Å²) in [7, 11) is 1.42. The fourth-order valence-corrected chi connectivity index (χ4v) is 2.35. The molecule has 0 bridgehead atoms. The molecule has 1 unspecified atom stereocenters. The van der Waals surface area contributed by atoms with E-state index in [1.807, 2.05) is 17.9 Å². The number of nitrogen functional groups attached to an aromatic ring is 1. The topological polar surface area (TPSA) is 68.5 Å². The third kappa shape index (κ3) is 2.25. The summed E-state index contributed by atoms with van der Waals surface area (Å²) in [6.07, 6.45) is 4.59. The van der Waals surface area contributed by atoms with E-state index in [1.54, 1.807) is 6.20 Å². The summed E-state index contributed by atoms with van der Waals surface area (Å²) in [4.78, 5) is 18.1. The second kappa shape index (κ2) is 5.25. The fourth-order valence-electron chi connectivity index (χ4n) is 2.35. The lowest BCUT2D eigenvalue weighted by Crippen LogP contribution is -2.46. The molecule has 2 rings (SSSR count). The lowest BCUT2D eigenvalue weighted by molar-refractivity contribution is -0.142. The van der Waals surface area contributed by atoms with Crippen LogP contribution in [0.25, 0.3) is 0 Å². The third-order valence-electron chi connectivity index (χ3n) is 3.44. The quantitative estimate of drug-likeness (QED) is 0.804. The highest BCUT2D eigenvalue weighted by atomic mass is 16.5. The molecule has 1 saturated heterocycles. The number of methoxy groups -OCH3 is 1. The summed E-state index contributed by atoms with van der Waals surface area (Å²) in [5.74, 6) is 0.488. The first-order valence-corrected chi connectivity index (χ1v) is 6.20. The standard InChI is InChI=1S/C13H19N3O2/c1-9-6-7-15-12(11(9)14)16-8-4-3-5-10(16)13(17)18-2/h6-7,10H,3-5,8,14H2,1-2H3. The number of carbonyl (C=O) groups is 1. The molecule has 98 valence electrons. The molecule has 0 spiro atoms. The van der Waals surface area contributed by atoms with Gasteiger partial charge < -0.3 is 15.4 Å². The largest absolute Gasteiger partial charge is 0.467 e. The summed E-state index contributed by atoms with van der Waals surface area (Å²) >= 11 is 0. The molecule has 2 N–H and O–H groups in total. The highest BCUT2D eigenvalue weighted by Crippen LogP contribution is 2.29. The van der Waals surface area contributed by atoms with Gasteiger partial charge in [0.25, 0.3) is 0 Å². The zero-order valence-electron chi connectivity index (χ0n) is 10.8. The Morgan fingerprint density at radius 1 is 1.56 bits per heavy atom. The van der Waals surface area contributed by atoms with Crippen molar-refractivity contribution in [3.63, 3.8) is 0 Å². The molecule has 2 heterocycles. The summed E-state index contributed by atoms with van der Waals surface area (Å²) in [6, 6.07) is 1.61. The van der Waals surface area contributed by atoms with Gasteiger partial charge in [0.15, 0.2) is 5.82 Å². The second-order valence-corrected chi connectivity index (χ2v) is 4.59. The van der Waals surface area contributed by atoms with E-state index in [-0.39, 0.29) is 12.0 Å². The molecule has 18 heavy (non-hydrogen) atoms. The molecule has 0 amide bonds. The van der Waals surface area contributed by atoms with Gasteiger partial charge in [0.1, 0.15) is 6.04 Å². The summed E-state index contributed by atoms with van der Waals surface area (Å²) in [6.45, 7) is 2.73. The molecule has 1 aliphatic heterocycles. The summed E-state index contributed by atoms with van der Waals surface area (Å²) < 4.78 is 4.86. The highest BCUT2D eigenvalue weighted by molar-refractivity contribution is 5.82. The van der Waals surface area contributed by atoms with Crippen LogP contribution in [0.2, 0.25) is 0 Å². The molecule has 0 aromatic carbocycles. The Morgan fingerprint density at radius 3 is 3.06 bits per heavy atom. The van der Waals surface area contributed by atoms with Gasteiger partial charge in [-0.05, 0) is 37.8 Å². The number of hydrogen-bond donors (Lipinski definition) is 1. The zero-order chi connectivity index (χ0) is 13.1. The molecule has 1 aromatic rings. The predicted octanol–water partition coefficient (Wildman–Crippen LogP) is 1.50. The maximum atomic E-state index is 11.8. The minimum absolute atomic E-state index is 0.211. The van der Waals surface area contributed by atoms with E-state index in [1.165, 1.54) is 7.11 Å². The number of ether oxygens (including phenoxy) is 1. The van der Waals surface area contributed by atoms with Crippen molar-refractivity contribution in [3.05, 3.63) is 17.8 Å². The molecule has 0 aliphatic carbocycles. The van der Waals surface area contributed by atoms with E-state index in [9.17, 15) is 4.79 Å². The average Bonchev–Trinajstić information content (AvgIpc) is 2.41. The molecule has 0 saturated carbocycles. The molecule has 5 heteroatoms. The first kappa shape index (κ1) is 12.7. The van der Waals surface area contributed by atoms with Crippen LogP contribution in [0.15, 0.2) is 12.3 Å².